The Bertz CT molecular complexity index is 434. The van der Waals surface area contributed by atoms with Gasteiger partial charge in [-0.3, -0.25) is 4.79 Å². The summed E-state index contributed by atoms with van der Waals surface area (Å²) < 4.78 is 0. The van der Waals surface area contributed by atoms with Crippen LogP contribution in [0.4, 0.5) is 0 Å². The molecular weight excluding hydrogens is 212 g/mol. The quantitative estimate of drug-likeness (QED) is 0.846. The van der Waals surface area contributed by atoms with Gasteiger partial charge in [0.2, 0.25) is 0 Å². The second kappa shape index (κ2) is 4.17. The molecule has 0 bridgehead atoms. The van der Waals surface area contributed by atoms with Gasteiger partial charge in [0.15, 0.2) is 0 Å². The SMILES string of the molecule is CC(C(=O)O)C1CCC(C)(C)c2ccccc21. The van der Waals surface area contributed by atoms with Crippen LogP contribution in [0.15, 0.2) is 24.3 Å². The molecule has 1 aliphatic rings. The van der Waals surface area contributed by atoms with Gasteiger partial charge < -0.3 is 5.11 Å². The number of hydrogen-bond acceptors (Lipinski definition) is 1. The summed E-state index contributed by atoms with van der Waals surface area (Å²) in [5.74, 6) is -0.825. The highest BCUT2D eigenvalue weighted by molar-refractivity contribution is 5.71. The number of hydrogen-bond donors (Lipinski definition) is 1. The van der Waals surface area contributed by atoms with Gasteiger partial charge in [0.1, 0.15) is 0 Å². The molecule has 17 heavy (non-hydrogen) atoms. The normalized spacial score (nSPS) is 23.8. The molecule has 1 aromatic rings. The Morgan fingerprint density at radius 3 is 2.71 bits per heavy atom. The van der Waals surface area contributed by atoms with Crippen molar-refractivity contribution in [3.8, 4) is 0 Å². The Hall–Kier alpha value is -1.31. The van der Waals surface area contributed by atoms with E-state index in [-0.39, 0.29) is 17.3 Å². The standard InChI is InChI=1S/C15H20O2/c1-10(14(16)17)11-8-9-15(2,3)13-7-5-4-6-12(11)13/h4-7,10-11H,8-9H2,1-3H3,(H,16,17). The molecule has 0 amide bonds. The molecule has 0 aliphatic heterocycles. The molecule has 2 rings (SSSR count). The summed E-state index contributed by atoms with van der Waals surface area (Å²) in [4.78, 5) is 11.2. The van der Waals surface area contributed by atoms with E-state index in [0.29, 0.717) is 0 Å². The topological polar surface area (TPSA) is 37.3 Å². The lowest BCUT2D eigenvalue weighted by Gasteiger charge is -2.38. The van der Waals surface area contributed by atoms with Crippen molar-refractivity contribution in [3.63, 3.8) is 0 Å². The van der Waals surface area contributed by atoms with Crippen LogP contribution in [-0.2, 0) is 10.2 Å². The van der Waals surface area contributed by atoms with Gasteiger partial charge in [0, 0.05) is 0 Å². The van der Waals surface area contributed by atoms with E-state index in [4.69, 9.17) is 0 Å². The summed E-state index contributed by atoms with van der Waals surface area (Å²) >= 11 is 0. The van der Waals surface area contributed by atoms with Crippen molar-refractivity contribution in [2.45, 2.75) is 44.9 Å². The summed E-state index contributed by atoms with van der Waals surface area (Å²) in [5.41, 5.74) is 2.73. The molecule has 0 heterocycles. The molecule has 0 saturated carbocycles. The monoisotopic (exact) mass is 232 g/mol. The summed E-state index contributed by atoms with van der Waals surface area (Å²) in [6.45, 7) is 6.31. The number of carbonyl (C=O) groups is 1. The second-order valence-corrected chi connectivity index (χ2v) is 5.74. The molecule has 1 aromatic carbocycles. The summed E-state index contributed by atoms with van der Waals surface area (Å²) in [7, 11) is 0. The van der Waals surface area contributed by atoms with Crippen LogP contribution >= 0.6 is 0 Å². The van der Waals surface area contributed by atoms with Crippen molar-refractivity contribution < 1.29 is 9.90 Å². The van der Waals surface area contributed by atoms with Crippen LogP contribution in [0.1, 0.15) is 50.7 Å². The molecule has 0 spiro atoms. The van der Waals surface area contributed by atoms with E-state index < -0.39 is 5.97 Å². The smallest absolute Gasteiger partial charge is 0.306 e. The van der Waals surface area contributed by atoms with Gasteiger partial charge in [0.25, 0.3) is 0 Å². The first-order valence-corrected chi connectivity index (χ1v) is 6.25. The Kier molecular flexibility index (Phi) is 2.98. The van der Waals surface area contributed by atoms with Gasteiger partial charge in [-0.25, -0.2) is 0 Å². The zero-order chi connectivity index (χ0) is 12.6. The number of carboxylic acids is 1. The first kappa shape index (κ1) is 12.2. The van der Waals surface area contributed by atoms with Crippen molar-refractivity contribution in [3.05, 3.63) is 35.4 Å². The largest absolute Gasteiger partial charge is 0.481 e. The molecule has 0 aromatic heterocycles. The molecular formula is C15H20O2. The lowest BCUT2D eigenvalue weighted by Crippen LogP contribution is -2.30. The molecule has 1 aliphatic carbocycles. The van der Waals surface area contributed by atoms with E-state index in [0.717, 1.165) is 12.8 Å². The third-order valence-corrected chi connectivity index (χ3v) is 4.16. The number of carboxylic acid groups (broad SMARTS) is 1. The van der Waals surface area contributed by atoms with Crippen molar-refractivity contribution in [1.82, 2.24) is 0 Å². The van der Waals surface area contributed by atoms with Crippen LogP contribution in [-0.4, -0.2) is 11.1 Å². The molecule has 2 nitrogen and oxygen atoms in total. The number of fused-ring (bicyclic) bond motifs is 1. The number of aliphatic carboxylic acids is 1. The predicted molar refractivity (Wildman–Crippen MR) is 68.2 cm³/mol. The summed E-state index contributed by atoms with van der Waals surface area (Å²) in [5, 5.41) is 9.19. The Labute approximate surface area is 103 Å². The first-order valence-electron chi connectivity index (χ1n) is 6.25. The molecule has 2 atom stereocenters. The van der Waals surface area contributed by atoms with Crippen LogP contribution in [0.2, 0.25) is 0 Å². The van der Waals surface area contributed by atoms with E-state index in [1.165, 1.54) is 11.1 Å². The highest BCUT2D eigenvalue weighted by Gasteiger charge is 2.36. The minimum Gasteiger partial charge on any atom is -0.481 e. The fourth-order valence-corrected chi connectivity index (χ4v) is 2.93. The Balaban J connectivity index is 2.45. The van der Waals surface area contributed by atoms with Crippen molar-refractivity contribution in [1.29, 1.82) is 0 Å². The minimum absolute atomic E-state index is 0.164. The second-order valence-electron chi connectivity index (χ2n) is 5.74. The zero-order valence-electron chi connectivity index (χ0n) is 10.7. The van der Waals surface area contributed by atoms with Gasteiger partial charge in [0.05, 0.1) is 5.92 Å². The molecule has 92 valence electrons. The fourth-order valence-electron chi connectivity index (χ4n) is 2.93. The number of rotatable bonds is 2. The van der Waals surface area contributed by atoms with Gasteiger partial charge in [-0.15, -0.1) is 0 Å². The van der Waals surface area contributed by atoms with E-state index >= 15 is 0 Å². The van der Waals surface area contributed by atoms with Crippen LogP contribution in [0.5, 0.6) is 0 Å². The third-order valence-electron chi connectivity index (χ3n) is 4.16. The average molecular weight is 232 g/mol. The van der Waals surface area contributed by atoms with E-state index in [1.807, 2.05) is 19.1 Å². The Morgan fingerprint density at radius 2 is 2.06 bits per heavy atom. The van der Waals surface area contributed by atoms with Gasteiger partial charge in [-0.05, 0) is 35.3 Å². The van der Waals surface area contributed by atoms with E-state index in [9.17, 15) is 9.90 Å². The van der Waals surface area contributed by atoms with Gasteiger partial charge in [-0.1, -0.05) is 45.0 Å². The Morgan fingerprint density at radius 1 is 1.41 bits per heavy atom. The van der Waals surface area contributed by atoms with Gasteiger partial charge >= 0.3 is 5.97 Å². The first-order chi connectivity index (χ1) is 7.93. The van der Waals surface area contributed by atoms with E-state index in [1.54, 1.807) is 0 Å². The van der Waals surface area contributed by atoms with E-state index in [2.05, 4.69) is 26.0 Å². The molecule has 0 saturated heterocycles. The third kappa shape index (κ3) is 2.08. The van der Waals surface area contributed by atoms with Crippen LogP contribution in [0, 0.1) is 5.92 Å². The van der Waals surface area contributed by atoms with Crippen LogP contribution in [0.3, 0.4) is 0 Å². The van der Waals surface area contributed by atoms with Crippen molar-refractivity contribution in [2.75, 3.05) is 0 Å². The molecule has 2 unspecified atom stereocenters. The number of benzene rings is 1. The highest BCUT2D eigenvalue weighted by atomic mass is 16.4. The summed E-state index contributed by atoms with van der Waals surface area (Å²) in [6.07, 6.45) is 2.03. The lowest BCUT2D eigenvalue weighted by atomic mass is 9.66. The lowest BCUT2D eigenvalue weighted by molar-refractivity contribution is -0.142. The summed E-state index contributed by atoms with van der Waals surface area (Å²) in [6, 6.07) is 8.31. The highest BCUT2D eigenvalue weighted by Crippen LogP contribution is 2.45. The molecule has 2 heteroatoms. The maximum Gasteiger partial charge on any atom is 0.306 e. The molecule has 0 fully saturated rings. The van der Waals surface area contributed by atoms with Crippen LogP contribution in [0.25, 0.3) is 0 Å². The maximum absolute atomic E-state index is 11.2. The minimum atomic E-state index is -0.690. The van der Waals surface area contributed by atoms with Crippen molar-refractivity contribution in [2.24, 2.45) is 5.92 Å². The average Bonchev–Trinajstić information content (AvgIpc) is 2.28. The predicted octanol–water partition coefficient (Wildman–Crippen LogP) is 3.56. The maximum atomic E-state index is 11.2. The molecule has 1 N–H and O–H groups in total. The molecule has 0 radical (unpaired) electrons. The fraction of sp³-hybridized carbons (Fsp3) is 0.533. The van der Waals surface area contributed by atoms with Crippen LogP contribution < -0.4 is 0 Å². The van der Waals surface area contributed by atoms with Crippen molar-refractivity contribution >= 4 is 5.97 Å². The zero-order valence-corrected chi connectivity index (χ0v) is 10.7. The van der Waals surface area contributed by atoms with Gasteiger partial charge in [-0.2, -0.15) is 0 Å².